The monoisotopic (exact) mass is 368 g/mol. The Bertz CT molecular complexity index is 816. The zero-order chi connectivity index (χ0) is 20.2. The second-order valence-electron chi connectivity index (χ2n) is 7.69. The normalized spacial score (nSPS) is 11.2. The molecule has 2 rings (SSSR count). The number of aryl methyl sites for hydroxylation is 3. The minimum Gasteiger partial charge on any atom is -0.394 e. The van der Waals surface area contributed by atoms with Crippen LogP contribution in [0, 0.1) is 20.8 Å². The number of hydrogen-bond acceptors (Lipinski definition) is 3. The van der Waals surface area contributed by atoms with E-state index >= 15 is 0 Å². The standard InChI is InChI=1S/C22H28N2O3/c1-14-10-15(2)20(16(3)11-14)21(27)23-18-8-6-17(7-9-18)12-19(26)24-22(4,5)13-25/h6-11,25H,12-13H2,1-5H3,(H,23,27)(H,24,26). The van der Waals surface area contributed by atoms with E-state index < -0.39 is 5.54 Å². The number of nitrogens with one attached hydrogen (secondary N) is 2. The summed E-state index contributed by atoms with van der Waals surface area (Å²) in [7, 11) is 0. The molecule has 3 N–H and O–H groups in total. The van der Waals surface area contributed by atoms with Crippen molar-refractivity contribution in [3.63, 3.8) is 0 Å². The first-order chi connectivity index (χ1) is 12.6. The summed E-state index contributed by atoms with van der Waals surface area (Å²) in [5, 5.41) is 14.9. The summed E-state index contributed by atoms with van der Waals surface area (Å²) in [5.41, 5.74) is 4.59. The molecule has 0 fully saturated rings. The largest absolute Gasteiger partial charge is 0.394 e. The number of anilines is 1. The Hall–Kier alpha value is -2.66. The predicted octanol–water partition coefficient (Wildman–Crippen LogP) is 3.29. The molecular weight excluding hydrogens is 340 g/mol. The topological polar surface area (TPSA) is 78.4 Å². The number of hydrogen-bond donors (Lipinski definition) is 3. The predicted molar refractivity (Wildman–Crippen MR) is 108 cm³/mol. The van der Waals surface area contributed by atoms with Crippen molar-refractivity contribution >= 4 is 17.5 Å². The van der Waals surface area contributed by atoms with E-state index in [1.54, 1.807) is 26.0 Å². The molecule has 2 amide bonds. The molecule has 0 heterocycles. The highest BCUT2D eigenvalue weighted by molar-refractivity contribution is 6.06. The Morgan fingerprint density at radius 3 is 2.07 bits per heavy atom. The van der Waals surface area contributed by atoms with E-state index in [4.69, 9.17) is 0 Å². The summed E-state index contributed by atoms with van der Waals surface area (Å²) in [4.78, 5) is 24.7. The molecule has 0 aliphatic rings. The van der Waals surface area contributed by atoms with Gasteiger partial charge in [0, 0.05) is 11.3 Å². The number of rotatable bonds is 6. The van der Waals surface area contributed by atoms with Crippen LogP contribution in [0.2, 0.25) is 0 Å². The van der Waals surface area contributed by atoms with Crippen LogP contribution in [0.1, 0.15) is 46.5 Å². The van der Waals surface area contributed by atoms with E-state index in [0.29, 0.717) is 11.3 Å². The molecule has 0 bridgehead atoms. The second-order valence-corrected chi connectivity index (χ2v) is 7.69. The van der Waals surface area contributed by atoms with Crippen molar-refractivity contribution in [1.82, 2.24) is 5.32 Å². The summed E-state index contributed by atoms with van der Waals surface area (Å²) in [6.45, 7) is 9.28. The van der Waals surface area contributed by atoms with E-state index in [1.807, 2.05) is 45.0 Å². The fourth-order valence-electron chi connectivity index (χ4n) is 3.08. The molecule has 0 spiro atoms. The SMILES string of the molecule is Cc1cc(C)c(C(=O)Nc2ccc(CC(=O)NC(C)(C)CO)cc2)c(C)c1. The van der Waals surface area contributed by atoms with Gasteiger partial charge in [-0.05, 0) is 63.4 Å². The highest BCUT2D eigenvalue weighted by Gasteiger charge is 2.19. The third kappa shape index (κ3) is 5.66. The number of aliphatic hydroxyl groups excluding tert-OH is 1. The fraction of sp³-hybridized carbons (Fsp3) is 0.364. The summed E-state index contributed by atoms with van der Waals surface area (Å²) in [6, 6.07) is 11.2. The molecule has 0 aliphatic carbocycles. The molecule has 27 heavy (non-hydrogen) atoms. The Balaban J connectivity index is 2.04. The van der Waals surface area contributed by atoms with E-state index in [1.165, 1.54) is 0 Å². The van der Waals surface area contributed by atoms with Crippen LogP contribution in [-0.2, 0) is 11.2 Å². The Morgan fingerprint density at radius 2 is 1.56 bits per heavy atom. The summed E-state index contributed by atoms with van der Waals surface area (Å²) in [6.07, 6.45) is 0.216. The van der Waals surface area contributed by atoms with Gasteiger partial charge in [0.15, 0.2) is 0 Å². The van der Waals surface area contributed by atoms with Crippen molar-refractivity contribution < 1.29 is 14.7 Å². The van der Waals surface area contributed by atoms with Gasteiger partial charge in [-0.1, -0.05) is 29.8 Å². The number of carbonyl (C=O) groups excluding carboxylic acids is 2. The lowest BCUT2D eigenvalue weighted by atomic mass is 9.99. The maximum absolute atomic E-state index is 12.6. The van der Waals surface area contributed by atoms with E-state index in [2.05, 4.69) is 10.6 Å². The smallest absolute Gasteiger partial charge is 0.256 e. The Labute approximate surface area is 160 Å². The van der Waals surface area contributed by atoms with Gasteiger partial charge in [0.1, 0.15) is 0 Å². The molecule has 0 unspecified atom stereocenters. The van der Waals surface area contributed by atoms with Crippen LogP contribution in [0.4, 0.5) is 5.69 Å². The molecule has 5 heteroatoms. The quantitative estimate of drug-likeness (QED) is 0.732. The van der Waals surface area contributed by atoms with Crippen molar-refractivity contribution in [2.75, 3.05) is 11.9 Å². The second kappa shape index (κ2) is 8.35. The Kier molecular flexibility index (Phi) is 6.39. The van der Waals surface area contributed by atoms with Crippen molar-refractivity contribution in [1.29, 1.82) is 0 Å². The van der Waals surface area contributed by atoms with Gasteiger partial charge in [0.2, 0.25) is 5.91 Å². The first kappa shape index (κ1) is 20.6. The molecule has 2 aromatic carbocycles. The van der Waals surface area contributed by atoms with Crippen LogP contribution in [0.15, 0.2) is 36.4 Å². The first-order valence-electron chi connectivity index (χ1n) is 9.01. The van der Waals surface area contributed by atoms with Gasteiger partial charge in [0.05, 0.1) is 18.6 Å². The fourth-order valence-corrected chi connectivity index (χ4v) is 3.08. The lowest BCUT2D eigenvalue weighted by Gasteiger charge is -2.23. The highest BCUT2D eigenvalue weighted by atomic mass is 16.3. The van der Waals surface area contributed by atoms with Crippen LogP contribution >= 0.6 is 0 Å². The van der Waals surface area contributed by atoms with Crippen molar-refractivity contribution in [3.05, 3.63) is 64.2 Å². The van der Waals surface area contributed by atoms with E-state index in [0.717, 1.165) is 22.3 Å². The number of aliphatic hydroxyl groups is 1. The molecule has 0 saturated carbocycles. The van der Waals surface area contributed by atoms with Crippen molar-refractivity contribution in [2.45, 2.75) is 46.6 Å². The van der Waals surface area contributed by atoms with Gasteiger partial charge in [0.25, 0.3) is 5.91 Å². The summed E-state index contributed by atoms with van der Waals surface area (Å²) < 4.78 is 0. The lowest BCUT2D eigenvalue weighted by molar-refractivity contribution is -0.122. The molecule has 2 aromatic rings. The first-order valence-corrected chi connectivity index (χ1v) is 9.01. The van der Waals surface area contributed by atoms with Gasteiger partial charge in [-0.3, -0.25) is 9.59 Å². The van der Waals surface area contributed by atoms with Gasteiger partial charge in [-0.25, -0.2) is 0 Å². The summed E-state index contributed by atoms with van der Waals surface area (Å²) in [5.74, 6) is -0.295. The van der Waals surface area contributed by atoms with Crippen molar-refractivity contribution in [3.8, 4) is 0 Å². The molecule has 0 aromatic heterocycles. The van der Waals surface area contributed by atoms with Gasteiger partial charge < -0.3 is 15.7 Å². The maximum Gasteiger partial charge on any atom is 0.256 e. The molecule has 0 radical (unpaired) electrons. The number of carbonyl (C=O) groups is 2. The third-order valence-corrected chi connectivity index (χ3v) is 4.35. The molecule has 5 nitrogen and oxygen atoms in total. The zero-order valence-corrected chi connectivity index (χ0v) is 16.6. The number of amides is 2. The maximum atomic E-state index is 12.6. The van der Waals surface area contributed by atoms with Crippen LogP contribution in [0.3, 0.4) is 0 Å². The van der Waals surface area contributed by atoms with Crippen molar-refractivity contribution in [2.24, 2.45) is 0 Å². The van der Waals surface area contributed by atoms with E-state index in [-0.39, 0.29) is 24.8 Å². The zero-order valence-electron chi connectivity index (χ0n) is 16.6. The molecule has 144 valence electrons. The molecule has 0 saturated heterocycles. The van der Waals surface area contributed by atoms with Gasteiger partial charge >= 0.3 is 0 Å². The van der Waals surface area contributed by atoms with Gasteiger partial charge in [-0.15, -0.1) is 0 Å². The average molecular weight is 368 g/mol. The van der Waals surface area contributed by atoms with Gasteiger partial charge in [-0.2, -0.15) is 0 Å². The van der Waals surface area contributed by atoms with E-state index in [9.17, 15) is 14.7 Å². The van der Waals surface area contributed by atoms with Crippen LogP contribution in [-0.4, -0.2) is 29.1 Å². The highest BCUT2D eigenvalue weighted by Crippen LogP contribution is 2.19. The molecular formula is C22H28N2O3. The average Bonchev–Trinajstić information content (AvgIpc) is 2.55. The van der Waals surface area contributed by atoms with Crippen LogP contribution < -0.4 is 10.6 Å². The number of benzene rings is 2. The van der Waals surface area contributed by atoms with Crippen LogP contribution in [0.5, 0.6) is 0 Å². The minimum absolute atomic E-state index is 0.123. The van der Waals surface area contributed by atoms with Crippen LogP contribution in [0.25, 0.3) is 0 Å². The molecule has 0 atom stereocenters. The minimum atomic E-state index is -0.644. The molecule has 0 aliphatic heterocycles. The lowest BCUT2D eigenvalue weighted by Crippen LogP contribution is -2.46. The summed E-state index contributed by atoms with van der Waals surface area (Å²) >= 11 is 0. The Morgan fingerprint density at radius 1 is 1.00 bits per heavy atom. The third-order valence-electron chi connectivity index (χ3n) is 4.35.